The summed E-state index contributed by atoms with van der Waals surface area (Å²) in [4.78, 5) is 15.4. The number of carbonyl (C=O) groups excluding carboxylic acids is 1. The molecule has 0 aliphatic carbocycles. The lowest BCUT2D eigenvalue weighted by molar-refractivity contribution is -1.02. The number of benzene rings is 2. The summed E-state index contributed by atoms with van der Waals surface area (Å²) in [6.45, 7) is 10.9. The van der Waals surface area contributed by atoms with Gasteiger partial charge in [0.1, 0.15) is 38.5 Å². The SMILES string of the molecule is Cc1ccc(NC(=O)C[NH+]2CC[NH+](Cc3ccc4c(c3)CCO4)CC2)c(C)c1. The number of piperazine rings is 1. The molecule has 2 aliphatic heterocycles. The van der Waals surface area contributed by atoms with Crippen molar-refractivity contribution in [3.05, 3.63) is 58.7 Å². The van der Waals surface area contributed by atoms with Crippen LogP contribution in [0.25, 0.3) is 0 Å². The number of quaternary nitrogens is 2. The van der Waals surface area contributed by atoms with Crippen LogP contribution in [0.5, 0.6) is 5.75 Å². The monoisotopic (exact) mass is 381 g/mol. The Kier molecular flexibility index (Phi) is 5.64. The summed E-state index contributed by atoms with van der Waals surface area (Å²) in [6.07, 6.45) is 1.03. The van der Waals surface area contributed by atoms with Crippen molar-refractivity contribution >= 4 is 11.6 Å². The largest absolute Gasteiger partial charge is 0.493 e. The first kappa shape index (κ1) is 19.0. The molecule has 4 rings (SSSR count). The standard InChI is InChI=1S/C23H29N3O2/c1-17-3-5-21(18(2)13-17)24-23(27)16-26-10-8-25(9-11-26)15-19-4-6-22-20(14-19)7-12-28-22/h3-6,13-14H,7-12,15-16H2,1-2H3,(H,24,27)/p+2. The number of ether oxygens (including phenoxy) is 1. The fourth-order valence-electron chi connectivity index (χ4n) is 4.32. The minimum Gasteiger partial charge on any atom is -0.493 e. The van der Waals surface area contributed by atoms with Gasteiger partial charge in [0.2, 0.25) is 0 Å². The molecule has 0 unspecified atom stereocenters. The van der Waals surface area contributed by atoms with E-state index in [2.05, 4.69) is 36.5 Å². The van der Waals surface area contributed by atoms with Gasteiger partial charge in [-0.1, -0.05) is 17.7 Å². The topological polar surface area (TPSA) is 47.2 Å². The number of rotatable bonds is 5. The zero-order valence-electron chi connectivity index (χ0n) is 16.9. The van der Waals surface area contributed by atoms with Crippen LogP contribution in [0, 0.1) is 13.8 Å². The van der Waals surface area contributed by atoms with Gasteiger partial charge in [-0.25, -0.2) is 0 Å². The Bertz CT molecular complexity index is 857. The average molecular weight is 382 g/mol. The van der Waals surface area contributed by atoms with Gasteiger partial charge in [0.25, 0.3) is 5.91 Å². The van der Waals surface area contributed by atoms with Crippen molar-refractivity contribution in [3.8, 4) is 5.75 Å². The van der Waals surface area contributed by atoms with Crippen molar-refractivity contribution in [1.82, 2.24) is 0 Å². The normalized spacial score (nSPS) is 21.1. The predicted octanol–water partition coefficient (Wildman–Crippen LogP) is 0.160. The molecule has 0 radical (unpaired) electrons. The molecule has 1 saturated heterocycles. The molecule has 0 atom stereocenters. The number of hydrogen-bond acceptors (Lipinski definition) is 2. The third kappa shape index (κ3) is 4.54. The molecule has 2 heterocycles. The van der Waals surface area contributed by atoms with Gasteiger partial charge in [0, 0.05) is 17.7 Å². The Hall–Kier alpha value is -2.37. The number of anilines is 1. The summed E-state index contributed by atoms with van der Waals surface area (Å²) < 4.78 is 5.60. The van der Waals surface area contributed by atoms with Crippen LogP contribution in [-0.4, -0.2) is 45.2 Å². The molecule has 1 fully saturated rings. The highest BCUT2D eigenvalue weighted by molar-refractivity contribution is 5.92. The second-order valence-corrected chi connectivity index (χ2v) is 8.26. The first-order valence-corrected chi connectivity index (χ1v) is 10.4. The van der Waals surface area contributed by atoms with Gasteiger partial charge >= 0.3 is 0 Å². The molecule has 0 saturated carbocycles. The summed E-state index contributed by atoms with van der Waals surface area (Å²) in [5.74, 6) is 1.17. The maximum absolute atomic E-state index is 12.4. The highest BCUT2D eigenvalue weighted by Gasteiger charge is 2.25. The number of nitrogens with one attached hydrogen (secondary N) is 3. The Morgan fingerprint density at radius 3 is 2.61 bits per heavy atom. The van der Waals surface area contributed by atoms with Gasteiger partial charge in [-0.2, -0.15) is 0 Å². The molecule has 0 bridgehead atoms. The average Bonchev–Trinajstić information content (AvgIpc) is 3.13. The fraction of sp³-hybridized carbons (Fsp3) is 0.435. The van der Waals surface area contributed by atoms with E-state index in [0.29, 0.717) is 6.54 Å². The first-order chi connectivity index (χ1) is 13.6. The highest BCUT2D eigenvalue weighted by atomic mass is 16.5. The van der Waals surface area contributed by atoms with E-state index in [1.54, 1.807) is 4.90 Å². The summed E-state index contributed by atoms with van der Waals surface area (Å²) in [6, 6.07) is 12.8. The first-order valence-electron chi connectivity index (χ1n) is 10.4. The number of aryl methyl sites for hydroxylation is 2. The molecule has 2 aromatic carbocycles. The van der Waals surface area contributed by atoms with Crippen LogP contribution in [-0.2, 0) is 17.8 Å². The van der Waals surface area contributed by atoms with Gasteiger partial charge in [-0.15, -0.1) is 0 Å². The highest BCUT2D eigenvalue weighted by Crippen LogP contribution is 2.25. The molecule has 28 heavy (non-hydrogen) atoms. The van der Waals surface area contributed by atoms with E-state index in [1.165, 1.54) is 21.6 Å². The minimum atomic E-state index is 0.115. The van der Waals surface area contributed by atoms with Gasteiger partial charge in [0.05, 0.1) is 6.61 Å². The molecule has 5 nitrogen and oxygen atoms in total. The molecule has 2 aromatic rings. The molecule has 148 valence electrons. The van der Waals surface area contributed by atoms with Crippen LogP contribution in [0.3, 0.4) is 0 Å². The molecule has 2 aliphatic rings. The Morgan fingerprint density at radius 2 is 1.82 bits per heavy atom. The van der Waals surface area contributed by atoms with Crippen LogP contribution in [0.4, 0.5) is 5.69 Å². The quantitative estimate of drug-likeness (QED) is 0.691. The Labute approximate surface area is 167 Å². The van der Waals surface area contributed by atoms with Crippen LogP contribution in [0.15, 0.2) is 36.4 Å². The fourth-order valence-corrected chi connectivity index (χ4v) is 4.32. The Balaban J connectivity index is 1.24. The van der Waals surface area contributed by atoms with Gasteiger partial charge in [0.15, 0.2) is 6.54 Å². The lowest BCUT2D eigenvalue weighted by atomic mass is 10.1. The molecule has 5 heteroatoms. The third-order valence-corrected chi connectivity index (χ3v) is 5.94. The second-order valence-electron chi connectivity index (χ2n) is 8.26. The molecule has 3 N–H and O–H groups in total. The van der Waals surface area contributed by atoms with E-state index in [9.17, 15) is 4.79 Å². The lowest BCUT2D eigenvalue weighted by Crippen LogP contribution is -3.28. The van der Waals surface area contributed by atoms with Gasteiger partial charge in [-0.05, 0) is 49.2 Å². The molecule has 0 spiro atoms. The van der Waals surface area contributed by atoms with E-state index in [0.717, 1.165) is 62.8 Å². The van der Waals surface area contributed by atoms with Crippen LogP contribution in [0.2, 0.25) is 0 Å². The van der Waals surface area contributed by atoms with E-state index >= 15 is 0 Å². The zero-order valence-corrected chi connectivity index (χ0v) is 16.9. The van der Waals surface area contributed by atoms with Crippen molar-refractivity contribution in [3.63, 3.8) is 0 Å². The summed E-state index contributed by atoms with van der Waals surface area (Å²) in [5.41, 5.74) is 6.02. The number of carbonyl (C=O) groups is 1. The zero-order chi connectivity index (χ0) is 19.5. The summed E-state index contributed by atoms with van der Waals surface area (Å²) in [5, 5.41) is 3.08. The van der Waals surface area contributed by atoms with Crippen molar-refractivity contribution in [2.24, 2.45) is 0 Å². The maximum Gasteiger partial charge on any atom is 0.279 e. The molecule has 0 aromatic heterocycles. The van der Waals surface area contributed by atoms with Crippen molar-refractivity contribution < 1.29 is 19.3 Å². The van der Waals surface area contributed by atoms with E-state index < -0.39 is 0 Å². The third-order valence-electron chi connectivity index (χ3n) is 5.94. The van der Waals surface area contributed by atoms with E-state index in [1.807, 2.05) is 19.1 Å². The van der Waals surface area contributed by atoms with Crippen molar-refractivity contribution in [2.75, 3.05) is 44.6 Å². The summed E-state index contributed by atoms with van der Waals surface area (Å²) >= 11 is 0. The van der Waals surface area contributed by atoms with E-state index in [4.69, 9.17) is 4.74 Å². The summed E-state index contributed by atoms with van der Waals surface area (Å²) in [7, 11) is 0. The molecular formula is C23H31N3O2+2. The maximum atomic E-state index is 12.4. The number of fused-ring (bicyclic) bond motifs is 1. The van der Waals surface area contributed by atoms with Crippen LogP contribution >= 0.6 is 0 Å². The van der Waals surface area contributed by atoms with Crippen LogP contribution in [0.1, 0.15) is 22.3 Å². The van der Waals surface area contributed by atoms with Crippen LogP contribution < -0.4 is 19.9 Å². The number of hydrogen-bond donors (Lipinski definition) is 3. The smallest absolute Gasteiger partial charge is 0.279 e. The van der Waals surface area contributed by atoms with Gasteiger partial charge in [-0.3, -0.25) is 4.79 Å². The van der Waals surface area contributed by atoms with E-state index in [-0.39, 0.29) is 5.91 Å². The lowest BCUT2D eigenvalue weighted by Gasteiger charge is -2.29. The minimum absolute atomic E-state index is 0.115. The molecular weight excluding hydrogens is 350 g/mol. The Morgan fingerprint density at radius 1 is 1.04 bits per heavy atom. The second kappa shape index (κ2) is 8.33. The molecule has 1 amide bonds. The number of amides is 1. The van der Waals surface area contributed by atoms with Crippen molar-refractivity contribution in [2.45, 2.75) is 26.8 Å². The predicted molar refractivity (Wildman–Crippen MR) is 110 cm³/mol. The van der Waals surface area contributed by atoms with Crippen molar-refractivity contribution in [1.29, 1.82) is 0 Å². The van der Waals surface area contributed by atoms with Gasteiger partial charge < -0.3 is 19.9 Å².